The minimum absolute atomic E-state index is 0.00866. The first kappa shape index (κ1) is 21.3. The van der Waals surface area contributed by atoms with Crippen LogP contribution in [0.25, 0.3) is 0 Å². The summed E-state index contributed by atoms with van der Waals surface area (Å²) in [5, 5.41) is 9.59. The maximum absolute atomic E-state index is 12.2. The van der Waals surface area contributed by atoms with E-state index in [0.29, 0.717) is 43.9 Å². The fourth-order valence-corrected chi connectivity index (χ4v) is 2.39. The molecule has 0 atom stereocenters. The van der Waals surface area contributed by atoms with E-state index in [1.54, 1.807) is 0 Å². The Morgan fingerprint density at radius 3 is 2.04 bits per heavy atom. The normalized spacial score (nSPS) is 13.3. The van der Waals surface area contributed by atoms with Gasteiger partial charge in [0, 0.05) is 5.75 Å². The molecular formula is C17H21NO8S. The third-order valence-corrected chi connectivity index (χ3v) is 3.71. The van der Waals surface area contributed by atoms with Crippen molar-refractivity contribution >= 4 is 30.4 Å². The molecule has 0 bridgehead atoms. The SMILES string of the molecule is O=C(O)c1ccc2c(c1)C(=O)N(OCCOCCOCCOCCS)C2=O. The van der Waals surface area contributed by atoms with Gasteiger partial charge in [-0.2, -0.15) is 12.6 Å². The van der Waals surface area contributed by atoms with Gasteiger partial charge in [-0.15, -0.1) is 5.06 Å². The molecule has 0 aliphatic carbocycles. The molecule has 9 nitrogen and oxygen atoms in total. The van der Waals surface area contributed by atoms with Crippen molar-refractivity contribution in [2.45, 2.75) is 0 Å². The zero-order valence-corrected chi connectivity index (χ0v) is 15.5. The van der Waals surface area contributed by atoms with Crippen LogP contribution in [0.2, 0.25) is 0 Å². The van der Waals surface area contributed by atoms with Crippen molar-refractivity contribution in [2.75, 3.05) is 52.0 Å². The smallest absolute Gasteiger partial charge is 0.335 e. The number of rotatable bonds is 13. The van der Waals surface area contributed by atoms with Gasteiger partial charge in [-0.25, -0.2) is 4.79 Å². The number of hydrogen-bond donors (Lipinski definition) is 2. The quantitative estimate of drug-likeness (QED) is 0.286. The number of carboxylic acid groups (broad SMARTS) is 1. The van der Waals surface area contributed by atoms with Crippen molar-refractivity contribution in [1.29, 1.82) is 0 Å². The first-order chi connectivity index (χ1) is 13.1. The highest BCUT2D eigenvalue weighted by Gasteiger charge is 2.37. The number of amides is 2. The number of hydrogen-bond acceptors (Lipinski definition) is 8. The zero-order chi connectivity index (χ0) is 19.6. The van der Waals surface area contributed by atoms with Gasteiger partial charge in [0.2, 0.25) is 0 Å². The minimum Gasteiger partial charge on any atom is -0.478 e. The maximum Gasteiger partial charge on any atom is 0.335 e. The monoisotopic (exact) mass is 399 g/mol. The summed E-state index contributed by atoms with van der Waals surface area (Å²) in [4.78, 5) is 40.5. The van der Waals surface area contributed by atoms with Crippen LogP contribution in [-0.4, -0.2) is 80.0 Å². The Bertz CT molecular complexity index is 681. The number of fused-ring (bicyclic) bond motifs is 1. The van der Waals surface area contributed by atoms with Crippen molar-refractivity contribution < 1.29 is 38.5 Å². The van der Waals surface area contributed by atoms with Crippen LogP contribution >= 0.6 is 12.6 Å². The van der Waals surface area contributed by atoms with Gasteiger partial charge in [-0.1, -0.05) is 0 Å². The number of thiol groups is 1. The number of aromatic carboxylic acids is 1. The van der Waals surface area contributed by atoms with Crippen molar-refractivity contribution in [2.24, 2.45) is 0 Å². The number of carbonyl (C=O) groups is 3. The average Bonchev–Trinajstić information content (AvgIpc) is 2.90. The van der Waals surface area contributed by atoms with Gasteiger partial charge in [0.1, 0.15) is 0 Å². The molecule has 1 aliphatic heterocycles. The summed E-state index contributed by atoms with van der Waals surface area (Å²) >= 11 is 4.02. The minimum atomic E-state index is -1.18. The molecule has 0 saturated carbocycles. The summed E-state index contributed by atoms with van der Waals surface area (Å²) in [7, 11) is 0. The van der Waals surface area contributed by atoms with E-state index in [1.807, 2.05) is 0 Å². The standard InChI is InChI=1S/C17H21NO8S/c19-15-13-2-1-12(17(21)22)11-14(13)16(20)18(15)26-8-7-24-4-3-23-5-6-25-9-10-27/h1-2,11,27H,3-10H2,(H,21,22). The molecule has 0 aromatic heterocycles. The van der Waals surface area contributed by atoms with Crippen LogP contribution in [0.5, 0.6) is 0 Å². The summed E-state index contributed by atoms with van der Waals surface area (Å²) in [6, 6.07) is 3.73. The number of carboxylic acids is 1. The fourth-order valence-electron chi connectivity index (χ4n) is 2.26. The summed E-state index contributed by atoms with van der Waals surface area (Å²) in [5.74, 6) is -1.84. The molecule has 1 N–H and O–H groups in total. The van der Waals surface area contributed by atoms with E-state index in [2.05, 4.69) is 12.6 Å². The number of ether oxygens (including phenoxy) is 3. The molecule has 1 aromatic carbocycles. The third kappa shape index (κ3) is 6.01. The highest BCUT2D eigenvalue weighted by atomic mass is 32.1. The van der Waals surface area contributed by atoms with Crippen molar-refractivity contribution in [3.63, 3.8) is 0 Å². The predicted octanol–water partition coefficient (Wildman–Crippen LogP) is 0.892. The number of imide groups is 1. The van der Waals surface area contributed by atoms with Crippen LogP contribution in [-0.2, 0) is 19.0 Å². The maximum atomic E-state index is 12.2. The molecule has 0 saturated heterocycles. The first-order valence-electron chi connectivity index (χ1n) is 8.29. The lowest BCUT2D eigenvalue weighted by molar-refractivity contribution is -0.108. The topological polar surface area (TPSA) is 112 Å². The Labute approximate surface area is 161 Å². The number of hydroxylamine groups is 2. The van der Waals surface area contributed by atoms with Crippen LogP contribution in [0, 0.1) is 0 Å². The molecule has 0 unspecified atom stereocenters. The molecule has 2 amide bonds. The van der Waals surface area contributed by atoms with Crippen molar-refractivity contribution in [1.82, 2.24) is 5.06 Å². The second-order valence-electron chi connectivity index (χ2n) is 5.36. The van der Waals surface area contributed by atoms with E-state index in [4.69, 9.17) is 24.2 Å². The second-order valence-corrected chi connectivity index (χ2v) is 5.81. The molecule has 1 heterocycles. The Morgan fingerprint density at radius 2 is 1.44 bits per heavy atom. The highest BCUT2D eigenvalue weighted by Crippen LogP contribution is 2.24. The lowest BCUT2D eigenvalue weighted by Crippen LogP contribution is -2.31. The van der Waals surface area contributed by atoms with Gasteiger partial charge in [-0.05, 0) is 18.2 Å². The average molecular weight is 399 g/mol. The molecule has 0 spiro atoms. The second kappa shape index (κ2) is 11.0. The van der Waals surface area contributed by atoms with Crippen LogP contribution in [0.3, 0.4) is 0 Å². The van der Waals surface area contributed by atoms with Crippen LogP contribution in [0.15, 0.2) is 18.2 Å². The van der Waals surface area contributed by atoms with Crippen LogP contribution in [0.4, 0.5) is 0 Å². The van der Waals surface area contributed by atoms with Gasteiger partial charge >= 0.3 is 5.97 Å². The molecule has 0 radical (unpaired) electrons. The Kier molecular flexibility index (Phi) is 8.69. The van der Waals surface area contributed by atoms with E-state index in [9.17, 15) is 14.4 Å². The van der Waals surface area contributed by atoms with E-state index in [-0.39, 0.29) is 29.9 Å². The van der Waals surface area contributed by atoms with Crippen molar-refractivity contribution in [3.8, 4) is 0 Å². The largest absolute Gasteiger partial charge is 0.478 e. The fraction of sp³-hybridized carbons (Fsp3) is 0.471. The number of nitrogens with zero attached hydrogens (tertiary/aromatic N) is 1. The van der Waals surface area contributed by atoms with Crippen LogP contribution < -0.4 is 0 Å². The number of carbonyl (C=O) groups excluding carboxylic acids is 2. The molecule has 1 aliphatic rings. The summed E-state index contributed by atoms with van der Waals surface area (Å²) < 4.78 is 15.8. The molecule has 1 aromatic rings. The van der Waals surface area contributed by atoms with Gasteiger partial charge in [0.15, 0.2) is 0 Å². The summed E-state index contributed by atoms with van der Waals surface area (Å²) in [6.45, 7) is 2.40. The molecule has 10 heteroatoms. The van der Waals surface area contributed by atoms with Crippen molar-refractivity contribution in [3.05, 3.63) is 34.9 Å². The first-order valence-corrected chi connectivity index (χ1v) is 8.92. The third-order valence-electron chi connectivity index (χ3n) is 3.52. The molecule has 0 fully saturated rings. The lowest BCUT2D eigenvalue weighted by Gasteiger charge is -2.13. The Morgan fingerprint density at radius 1 is 0.889 bits per heavy atom. The molecule has 27 heavy (non-hydrogen) atoms. The highest BCUT2D eigenvalue weighted by molar-refractivity contribution is 7.80. The van der Waals surface area contributed by atoms with E-state index < -0.39 is 17.8 Å². The Hall–Kier alpha value is -1.98. The van der Waals surface area contributed by atoms with Gasteiger partial charge < -0.3 is 19.3 Å². The molecular weight excluding hydrogens is 378 g/mol. The molecule has 148 valence electrons. The lowest BCUT2D eigenvalue weighted by atomic mass is 10.1. The van der Waals surface area contributed by atoms with Gasteiger partial charge in [-0.3, -0.25) is 14.4 Å². The van der Waals surface area contributed by atoms with E-state index in [0.717, 1.165) is 6.07 Å². The van der Waals surface area contributed by atoms with Gasteiger partial charge in [0.25, 0.3) is 11.8 Å². The van der Waals surface area contributed by atoms with E-state index in [1.165, 1.54) is 12.1 Å². The van der Waals surface area contributed by atoms with Crippen LogP contribution in [0.1, 0.15) is 31.1 Å². The number of benzene rings is 1. The van der Waals surface area contributed by atoms with Gasteiger partial charge in [0.05, 0.1) is 62.9 Å². The summed E-state index contributed by atoms with van der Waals surface area (Å²) in [5.41, 5.74) is 0.0462. The predicted molar refractivity (Wildman–Crippen MR) is 96.2 cm³/mol. The Balaban J connectivity index is 1.65. The summed E-state index contributed by atoms with van der Waals surface area (Å²) in [6.07, 6.45) is 0. The van der Waals surface area contributed by atoms with E-state index >= 15 is 0 Å². The molecule has 2 rings (SSSR count). The zero-order valence-electron chi connectivity index (χ0n) is 14.6.